The van der Waals surface area contributed by atoms with Crippen molar-refractivity contribution in [2.45, 2.75) is 18.9 Å². The summed E-state index contributed by atoms with van der Waals surface area (Å²) in [6, 6.07) is 0.334. The van der Waals surface area contributed by atoms with Crippen LogP contribution in [-0.2, 0) is 14.3 Å². The first-order valence-electron chi connectivity index (χ1n) is 6.44. The number of amides is 2. The highest BCUT2D eigenvalue weighted by atomic mass is 16.5. The number of ether oxygens (including phenoxy) is 1. The highest BCUT2D eigenvalue weighted by Gasteiger charge is 2.29. The Kier molecular flexibility index (Phi) is 3.31. The summed E-state index contributed by atoms with van der Waals surface area (Å²) in [6.07, 6.45) is 5.36. The van der Waals surface area contributed by atoms with Gasteiger partial charge in [0.1, 0.15) is 13.2 Å². The van der Waals surface area contributed by atoms with Crippen LogP contribution in [0.4, 0.5) is 5.69 Å². The minimum atomic E-state index is -0.332. The van der Waals surface area contributed by atoms with Crippen LogP contribution in [0.15, 0.2) is 12.4 Å². The minimum absolute atomic E-state index is 0.0513. The van der Waals surface area contributed by atoms with Crippen LogP contribution in [-0.4, -0.2) is 47.9 Å². The topological polar surface area (TPSA) is 76.5 Å². The second kappa shape index (κ2) is 5.10. The number of hydrogen-bond donors (Lipinski definition) is 1. The summed E-state index contributed by atoms with van der Waals surface area (Å²) < 4.78 is 6.75. The summed E-state index contributed by atoms with van der Waals surface area (Å²) in [5.41, 5.74) is 0.539. The molecule has 1 aromatic heterocycles. The number of piperidine rings is 1. The van der Waals surface area contributed by atoms with Crippen LogP contribution >= 0.6 is 0 Å². The zero-order chi connectivity index (χ0) is 13.2. The Labute approximate surface area is 110 Å². The third kappa shape index (κ3) is 2.39. The molecule has 2 fully saturated rings. The van der Waals surface area contributed by atoms with Gasteiger partial charge in [-0.2, -0.15) is 5.10 Å². The van der Waals surface area contributed by atoms with E-state index in [-0.39, 0.29) is 25.0 Å². The van der Waals surface area contributed by atoms with Crippen molar-refractivity contribution >= 4 is 17.5 Å². The van der Waals surface area contributed by atoms with E-state index in [2.05, 4.69) is 10.4 Å². The number of carbonyl (C=O) groups is 2. The van der Waals surface area contributed by atoms with Gasteiger partial charge in [0, 0.05) is 6.20 Å². The monoisotopic (exact) mass is 264 g/mol. The standard InChI is InChI=1S/C12H16N4O3/c17-11-7-19-8-12(18)16(11)10-5-14-15(6-10)9-1-3-13-4-2-9/h5-6,9,13H,1-4,7-8H2. The summed E-state index contributed by atoms with van der Waals surface area (Å²) in [5.74, 6) is -0.665. The molecule has 3 heterocycles. The van der Waals surface area contributed by atoms with Crippen molar-refractivity contribution in [3.63, 3.8) is 0 Å². The third-order valence-corrected chi connectivity index (χ3v) is 3.48. The third-order valence-electron chi connectivity index (χ3n) is 3.48. The van der Waals surface area contributed by atoms with E-state index in [4.69, 9.17) is 4.74 Å². The second-order valence-electron chi connectivity index (χ2n) is 4.78. The lowest BCUT2D eigenvalue weighted by atomic mass is 10.1. The Morgan fingerprint density at radius 2 is 1.89 bits per heavy atom. The number of imide groups is 1. The first-order chi connectivity index (χ1) is 9.25. The summed E-state index contributed by atoms with van der Waals surface area (Å²) in [5, 5.41) is 7.58. The first kappa shape index (κ1) is 12.3. The summed E-state index contributed by atoms with van der Waals surface area (Å²) >= 11 is 0. The van der Waals surface area contributed by atoms with E-state index < -0.39 is 0 Å². The molecule has 0 bridgehead atoms. The molecular formula is C12H16N4O3. The first-order valence-corrected chi connectivity index (χ1v) is 6.44. The van der Waals surface area contributed by atoms with Gasteiger partial charge in [-0.1, -0.05) is 0 Å². The zero-order valence-electron chi connectivity index (χ0n) is 10.5. The SMILES string of the molecule is O=C1COCC(=O)N1c1cnn(C2CCNCC2)c1. The molecule has 2 aliphatic rings. The molecule has 0 unspecified atom stereocenters. The van der Waals surface area contributed by atoms with Crippen molar-refractivity contribution in [2.24, 2.45) is 0 Å². The Morgan fingerprint density at radius 3 is 2.58 bits per heavy atom. The van der Waals surface area contributed by atoms with Crippen LogP contribution in [0.2, 0.25) is 0 Å². The van der Waals surface area contributed by atoms with Crippen molar-refractivity contribution in [3.8, 4) is 0 Å². The molecule has 7 heteroatoms. The molecule has 0 radical (unpaired) electrons. The van der Waals surface area contributed by atoms with E-state index in [1.807, 2.05) is 4.68 Å². The molecule has 19 heavy (non-hydrogen) atoms. The summed E-state index contributed by atoms with van der Waals surface area (Å²) in [6.45, 7) is 1.83. The van der Waals surface area contributed by atoms with Crippen LogP contribution in [0, 0.1) is 0 Å². The maximum atomic E-state index is 11.7. The lowest BCUT2D eigenvalue weighted by Gasteiger charge is -2.24. The number of hydrogen-bond acceptors (Lipinski definition) is 5. The van der Waals surface area contributed by atoms with Gasteiger partial charge in [-0.05, 0) is 25.9 Å². The molecule has 2 aliphatic heterocycles. The smallest absolute Gasteiger partial charge is 0.259 e. The molecule has 7 nitrogen and oxygen atoms in total. The Bertz CT molecular complexity index is 477. The fourth-order valence-electron chi connectivity index (χ4n) is 2.50. The van der Waals surface area contributed by atoms with E-state index in [0.717, 1.165) is 30.8 Å². The molecule has 1 aromatic rings. The van der Waals surface area contributed by atoms with E-state index in [9.17, 15) is 9.59 Å². The average Bonchev–Trinajstić information content (AvgIpc) is 2.89. The molecule has 0 aromatic carbocycles. The molecular weight excluding hydrogens is 248 g/mol. The van der Waals surface area contributed by atoms with Crippen LogP contribution in [0.1, 0.15) is 18.9 Å². The molecule has 0 atom stereocenters. The summed E-state index contributed by atoms with van der Waals surface area (Å²) in [4.78, 5) is 24.6. The minimum Gasteiger partial charge on any atom is -0.362 e. The maximum Gasteiger partial charge on any atom is 0.259 e. The van der Waals surface area contributed by atoms with Crippen LogP contribution < -0.4 is 10.2 Å². The molecule has 2 saturated heterocycles. The maximum absolute atomic E-state index is 11.7. The van der Waals surface area contributed by atoms with Crippen molar-refractivity contribution in [2.75, 3.05) is 31.2 Å². The normalized spacial score (nSPS) is 22.0. The molecule has 0 spiro atoms. The van der Waals surface area contributed by atoms with Crippen molar-refractivity contribution in [1.29, 1.82) is 0 Å². The van der Waals surface area contributed by atoms with Gasteiger partial charge in [-0.25, -0.2) is 4.90 Å². The molecule has 3 rings (SSSR count). The van der Waals surface area contributed by atoms with Gasteiger partial charge in [0.25, 0.3) is 11.8 Å². The van der Waals surface area contributed by atoms with Gasteiger partial charge < -0.3 is 10.1 Å². The predicted molar refractivity (Wildman–Crippen MR) is 66.7 cm³/mol. The highest BCUT2D eigenvalue weighted by molar-refractivity contribution is 6.16. The number of carbonyl (C=O) groups excluding carboxylic acids is 2. The van der Waals surface area contributed by atoms with Crippen molar-refractivity contribution in [1.82, 2.24) is 15.1 Å². The number of nitrogens with zero attached hydrogens (tertiary/aromatic N) is 3. The molecule has 102 valence electrons. The molecule has 1 N–H and O–H groups in total. The Balaban J connectivity index is 1.79. The van der Waals surface area contributed by atoms with Gasteiger partial charge in [0.05, 0.1) is 17.9 Å². The molecule has 0 saturated carbocycles. The lowest BCUT2D eigenvalue weighted by Crippen LogP contribution is -2.46. The van der Waals surface area contributed by atoms with Crippen molar-refractivity contribution in [3.05, 3.63) is 12.4 Å². The van der Waals surface area contributed by atoms with Gasteiger partial charge >= 0.3 is 0 Å². The van der Waals surface area contributed by atoms with Gasteiger partial charge in [0.2, 0.25) is 0 Å². The quantitative estimate of drug-likeness (QED) is 0.742. The largest absolute Gasteiger partial charge is 0.362 e. The second-order valence-corrected chi connectivity index (χ2v) is 4.78. The lowest BCUT2D eigenvalue weighted by molar-refractivity contribution is -0.138. The van der Waals surface area contributed by atoms with Crippen LogP contribution in [0.25, 0.3) is 0 Å². The van der Waals surface area contributed by atoms with Gasteiger partial charge in [-0.3, -0.25) is 14.3 Å². The number of nitrogens with one attached hydrogen (secondary N) is 1. The predicted octanol–water partition coefficient (Wildman–Crippen LogP) is -0.303. The number of anilines is 1. The van der Waals surface area contributed by atoms with Crippen LogP contribution in [0.5, 0.6) is 0 Å². The number of aromatic nitrogens is 2. The fraction of sp³-hybridized carbons (Fsp3) is 0.583. The Morgan fingerprint density at radius 1 is 1.21 bits per heavy atom. The Hall–Kier alpha value is -1.73. The van der Waals surface area contributed by atoms with Gasteiger partial charge in [-0.15, -0.1) is 0 Å². The molecule has 0 aliphatic carbocycles. The number of rotatable bonds is 2. The van der Waals surface area contributed by atoms with E-state index in [1.165, 1.54) is 0 Å². The van der Waals surface area contributed by atoms with E-state index in [1.54, 1.807) is 12.4 Å². The molecule has 2 amide bonds. The van der Waals surface area contributed by atoms with Gasteiger partial charge in [0.15, 0.2) is 0 Å². The summed E-state index contributed by atoms with van der Waals surface area (Å²) in [7, 11) is 0. The highest BCUT2D eigenvalue weighted by Crippen LogP contribution is 2.22. The van der Waals surface area contributed by atoms with E-state index in [0.29, 0.717) is 11.7 Å². The van der Waals surface area contributed by atoms with Crippen molar-refractivity contribution < 1.29 is 14.3 Å². The van der Waals surface area contributed by atoms with Crippen LogP contribution in [0.3, 0.4) is 0 Å². The number of morpholine rings is 1. The zero-order valence-corrected chi connectivity index (χ0v) is 10.5. The van der Waals surface area contributed by atoms with E-state index >= 15 is 0 Å². The fourth-order valence-corrected chi connectivity index (χ4v) is 2.50. The average molecular weight is 264 g/mol.